The average Bonchev–Trinajstić information content (AvgIpc) is 3.01. The van der Waals surface area contributed by atoms with Gasteiger partial charge in [0.1, 0.15) is 5.82 Å². The number of nitrogens with one attached hydrogen (secondary N) is 1. The number of esters is 1. The van der Waals surface area contributed by atoms with Gasteiger partial charge in [0.05, 0.1) is 18.3 Å². The summed E-state index contributed by atoms with van der Waals surface area (Å²) in [6.45, 7) is 8.83. The van der Waals surface area contributed by atoms with Crippen molar-refractivity contribution in [3.8, 4) is 0 Å². The lowest BCUT2D eigenvalue weighted by atomic mass is 10.0. The van der Waals surface area contributed by atoms with E-state index in [0.29, 0.717) is 18.8 Å². The Morgan fingerprint density at radius 1 is 1.42 bits per heavy atom. The lowest BCUT2D eigenvalue weighted by molar-refractivity contribution is 0.0388. The summed E-state index contributed by atoms with van der Waals surface area (Å²) in [6, 6.07) is 1.98. The molecule has 0 amide bonds. The van der Waals surface area contributed by atoms with E-state index in [4.69, 9.17) is 15.2 Å². The number of carbonyl (C=O) groups is 1. The molecule has 1 aromatic rings. The number of nitrogens with two attached hydrogens (primary N) is 1. The maximum absolute atomic E-state index is 12.3. The van der Waals surface area contributed by atoms with E-state index < -0.39 is 0 Å². The first-order chi connectivity index (χ1) is 11.6. The second-order valence-electron chi connectivity index (χ2n) is 6.28. The van der Waals surface area contributed by atoms with Crippen LogP contribution < -0.4 is 10.6 Å². The maximum atomic E-state index is 12.3. The molecule has 0 aromatic carbocycles. The van der Waals surface area contributed by atoms with Crippen molar-refractivity contribution in [1.29, 1.82) is 0 Å². The minimum atomic E-state index is -0.238. The zero-order valence-electron chi connectivity index (χ0n) is 15.1. The van der Waals surface area contributed by atoms with E-state index in [0.717, 1.165) is 50.3 Å². The summed E-state index contributed by atoms with van der Waals surface area (Å²) < 4.78 is 11.1. The molecule has 6 nitrogen and oxygen atoms in total. The van der Waals surface area contributed by atoms with Gasteiger partial charge in [-0.25, -0.2) is 4.79 Å². The molecule has 0 radical (unpaired) electrons. The van der Waals surface area contributed by atoms with Crippen molar-refractivity contribution >= 4 is 11.8 Å². The lowest BCUT2D eigenvalue weighted by Gasteiger charge is -2.37. The van der Waals surface area contributed by atoms with Gasteiger partial charge >= 0.3 is 5.97 Å². The van der Waals surface area contributed by atoms with E-state index in [1.807, 2.05) is 19.9 Å². The first-order valence-electron chi connectivity index (χ1n) is 9.11. The van der Waals surface area contributed by atoms with Crippen LogP contribution in [-0.4, -0.2) is 49.4 Å². The van der Waals surface area contributed by atoms with Crippen molar-refractivity contribution in [3.05, 3.63) is 17.3 Å². The Bertz CT molecular complexity index is 530. The Morgan fingerprint density at radius 3 is 2.88 bits per heavy atom. The van der Waals surface area contributed by atoms with Gasteiger partial charge in [-0.15, -0.1) is 0 Å². The third-order valence-electron chi connectivity index (χ3n) is 4.52. The normalized spacial score (nSPS) is 21.1. The zero-order chi connectivity index (χ0) is 17.5. The highest BCUT2D eigenvalue weighted by Crippen LogP contribution is 2.24. The van der Waals surface area contributed by atoms with E-state index >= 15 is 0 Å². The standard InChI is InChI=1S/C18H31N3O3/c1-4-7-10-24-18(22)13-11-17(20-15(13)5-2)21-9-8-14(19)16(12-21)23-6-3/h11,14,16,20H,4-10,12,19H2,1-3H3. The first kappa shape index (κ1) is 18.8. The third kappa shape index (κ3) is 4.51. The molecular formula is C18H31N3O3. The van der Waals surface area contributed by atoms with Crippen molar-refractivity contribution in [2.45, 2.75) is 58.6 Å². The number of aryl methyl sites for hydroxylation is 1. The molecule has 0 saturated carbocycles. The molecule has 6 heteroatoms. The summed E-state index contributed by atoms with van der Waals surface area (Å²) in [5.74, 6) is 0.712. The summed E-state index contributed by atoms with van der Waals surface area (Å²) in [7, 11) is 0. The van der Waals surface area contributed by atoms with Gasteiger partial charge < -0.3 is 25.1 Å². The maximum Gasteiger partial charge on any atom is 0.340 e. The molecule has 2 unspecified atom stereocenters. The summed E-state index contributed by atoms with van der Waals surface area (Å²) in [4.78, 5) is 17.9. The number of H-pyrrole nitrogens is 1. The Hall–Kier alpha value is -1.53. The van der Waals surface area contributed by atoms with Crippen LogP contribution in [0.4, 0.5) is 5.82 Å². The topological polar surface area (TPSA) is 80.6 Å². The van der Waals surface area contributed by atoms with E-state index in [-0.39, 0.29) is 18.1 Å². The number of piperidine rings is 1. The predicted molar refractivity (Wildman–Crippen MR) is 95.6 cm³/mol. The highest BCUT2D eigenvalue weighted by molar-refractivity contribution is 5.92. The SMILES string of the molecule is CCCCOC(=O)c1cc(N2CCC(N)C(OCC)C2)[nH]c1CC. The molecule has 0 bridgehead atoms. The molecule has 2 heterocycles. The van der Waals surface area contributed by atoms with Crippen LogP contribution in [0.15, 0.2) is 6.07 Å². The fourth-order valence-corrected chi connectivity index (χ4v) is 3.04. The number of nitrogens with zero attached hydrogens (tertiary/aromatic N) is 1. The molecule has 0 aliphatic carbocycles. The summed E-state index contributed by atoms with van der Waals surface area (Å²) in [6.07, 6.45) is 3.57. The van der Waals surface area contributed by atoms with Crippen LogP contribution in [0.1, 0.15) is 56.1 Å². The van der Waals surface area contributed by atoms with Gasteiger partial charge in [0, 0.05) is 31.4 Å². The predicted octanol–water partition coefficient (Wildman–Crippen LogP) is 2.48. The van der Waals surface area contributed by atoms with Crippen LogP contribution in [0.3, 0.4) is 0 Å². The highest BCUT2D eigenvalue weighted by atomic mass is 16.5. The van der Waals surface area contributed by atoms with E-state index in [1.165, 1.54) is 0 Å². The van der Waals surface area contributed by atoms with Crippen LogP contribution in [-0.2, 0) is 15.9 Å². The number of carbonyl (C=O) groups excluding carboxylic acids is 1. The first-order valence-corrected chi connectivity index (χ1v) is 9.11. The largest absolute Gasteiger partial charge is 0.462 e. The fraction of sp³-hybridized carbons (Fsp3) is 0.722. The fourth-order valence-electron chi connectivity index (χ4n) is 3.04. The van der Waals surface area contributed by atoms with E-state index in [9.17, 15) is 4.79 Å². The van der Waals surface area contributed by atoms with Gasteiger partial charge in [-0.2, -0.15) is 0 Å². The van der Waals surface area contributed by atoms with Crippen molar-refractivity contribution < 1.29 is 14.3 Å². The number of anilines is 1. The molecule has 1 aliphatic rings. The third-order valence-corrected chi connectivity index (χ3v) is 4.52. The molecule has 1 aliphatic heterocycles. The smallest absolute Gasteiger partial charge is 0.340 e. The molecule has 0 spiro atoms. The second-order valence-corrected chi connectivity index (χ2v) is 6.28. The van der Waals surface area contributed by atoms with Crippen LogP contribution in [0.25, 0.3) is 0 Å². The molecule has 1 fully saturated rings. The number of unbranched alkanes of at least 4 members (excludes halogenated alkanes) is 1. The minimum Gasteiger partial charge on any atom is -0.462 e. The molecule has 136 valence electrons. The number of aromatic amines is 1. The zero-order valence-corrected chi connectivity index (χ0v) is 15.1. The number of rotatable bonds is 8. The number of hydrogen-bond acceptors (Lipinski definition) is 5. The van der Waals surface area contributed by atoms with Gasteiger partial charge in [-0.05, 0) is 32.3 Å². The monoisotopic (exact) mass is 337 g/mol. The Balaban J connectivity index is 2.09. The lowest BCUT2D eigenvalue weighted by Crippen LogP contribution is -2.52. The van der Waals surface area contributed by atoms with Crippen molar-refractivity contribution in [2.75, 3.05) is 31.2 Å². The Labute approximate surface area is 144 Å². The molecular weight excluding hydrogens is 306 g/mol. The second kappa shape index (κ2) is 9.08. The number of aromatic nitrogens is 1. The molecule has 1 aromatic heterocycles. The van der Waals surface area contributed by atoms with E-state index in [1.54, 1.807) is 0 Å². The van der Waals surface area contributed by atoms with Gasteiger partial charge in [0.2, 0.25) is 0 Å². The summed E-state index contributed by atoms with van der Waals surface area (Å²) >= 11 is 0. The van der Waals surface area contributed by atoms with E-state index in [2.05, 4.69) is 16.8 Å². The van der Waals surface area contributed by atoms with Gasteiger partial charge in [-0.3, -0.25) is 0 Å². The van der Waals surface area contributed by atoms with Gasteiger partial charge in [0.25, 0.3) is 0 Å². The quantitative estimate of drug-likeness (QED) is 0.563. The molecule has 2 atom stereocenters. The van der Waals surface area contributed by atoms with Crippen LogP contribution in [0.5, 0.6) is 0 Å². The Morgan fingerprint density at radius 2 is 2.21 bits per heavy atom. The van der Waals surface area contributed by atoms with Crippen LogP contribution in [0, 0.1) is 0 Å². The highest BCUT2D eigenvalue weighted by Gasteiger charge is 2.29. The summed E-state index contributed by atoms with van der Waals surface area (Å²) in [5, 5.41) is 0. The molecule has 2 rings (SSSR count). The molecule has 24 heavy (non-hydrogen) atoms. The molecule has 1 saturated heterocycles. The van der Waals surface area contributed by atoms with Gasteiger partial charge in [-0.1, -0.05) is 20.3 Å². The van der Waals surface area contributed by atoms with Crippen molar-refractivity contribution in [3.63, 3.8) is 0 Å². The van der Waals surface area contributed by atoms with Crippen LogP contribution >= 0.6 is 0 Å². The summed E-state index contributed by atoms with van der Waals surface area (Å²) in [5.41, 5.74) is 7.72. The number of hydrogen-bond donors (Lipinski definition) is 2. The van der Waals surface area contributed by atoms with Crippen molar-refractivity contribution in [1.82, 2.24) is 4.98 Å². The molecule has 3 N–H and O–H groups in total. The van der Waals surface area contributed by atoms with Crippen molar-refractivity contribution in [2.24, 2.45) is 5.73 Å². The van der Waals surface area contributed by atoms with Crippen LogP contribution in [0.2, 0.25) is 0 Å². The van der Waals surface area contributed by atoms with Gasteiger partial charge in [0.15, 0.2) is 0 Å². The average molecular weight is 337 g/mol. The minimum absolute atomic E-state index is 0.0251. The number of ether oxygens (including phenoxy) is 2. The Kier molecular flexibility index (Phi) is 7.12.